The van der Waals surface area contributed by atoms with E-state index in [9.17, 15) is 0 Å². The van der Waals surface area contributed by atoms with Crippen LogP contribution >= 0.6 is 15.9 Å². The zero-order valence-corrected chi connectivity index (χ0v) is 15.5. The van der Waals surface area contributed by atoms with E-state index in [4.69, 9.17) is 4.98 Å². The molecule has 0 aliphatic carbocycles. The Morgan fingerprint density at radius 1 is 0.846 bits per heavy atom. The molecule has 26 heavy (non-hydrogen) atoms. The molecule has 0 unspecified atom stereocenters. The van der Waals surface area contributed by atoms with Crippen LogP contribution in [0.1, 0.15) is 17.2 Å². The molecule has 2 heterocycles. The van der Waals surface area contributed by atoms with Crippen LogP contribution in [0, 0.1) is 0 Å². The van der Waals surface area contributed by atoms with Gasteiger partial charge in [-0.1, -0.05) is 70.5 Å². The van der Waals surface area contributed by atoms with Crippen molar-refractivity contribution in [1.29, 1.82) is 0 Å². The summed E-state index contributed by atoms with van der Waals surface area (Å²) in [5.41, 5.74) is 5.60. The number of halogens is 1. The summed E-state index contributed by atoms with van der Waals surface area (Å²) < 4.78 is 3.35. The first-order valence-electron chi connectivity index (χ1n) is 8.56. The van der Waals surface area contributed by atoms with Crippen molar-refractivity contribution in [3.63, 3.8) is 0 Å². The van der Waals surface area contributed by atoms with Crippen molar-refractivity contribution in [2.75, 3.05) is 5.32 Å². The third-order valence-electron chi connectivity index (χ3n) is 4.74. The van der Waals surface area contributed by atoms with E-state index in [1.807, 2.05) is 12.1 Å². The minimum Gasteiger partial charge on any atom is -0.325 e. The van der Waals surface area contributed by atoms with Crippen LogP contribution in [-0.4, -0.2) is 9.55 Å². The summed E-state index contributed by atoms with van der Waals surface area (Å²) in [6.45, 7) is 0. The van der Waals surface area contributed by atoms with Crippen LogP contribution in [0.5, 0.6) is 0 Å². The van der Waals surface area contributed by atoms with Gasteiger partial charge in [0.25, 0.3) is 0 Å². The van der Waals surface area contributed by atoms with Crippen LogP contribution in [0.3, 0.4) is 0 Å². The fraction of sp³-hybridized carbons (Fsp3) is 0.0455. The zero-order chi connectivity index (χ0) is 17.5. The second-order valence-electron chi connectivity index (χ2n) is 6.36. The van der Waals surface area contributed by atoms with Crippen molar-refractivity contribution in [3.05, 3.63) is 101 Å². The first-order chi connectivity index (χ1) is 12.8. The van der Waals surface area contributed by atoms with Gasteiger partial charge in [0, 0.05) is 10.2 Å². The van der Waals surface area contributed by atoms with E-state index < -0.39 is 0 Å². The molecular formula is C22H16BrN3. The highest BCUT2D eigenvalue weighted by Gasteiger charge is 2.25. The maximum absolute atomic E-state index is 4.82. The number of nitrogens with zero attached hydrogens (tertiary/aromatic N) is 2. The molecule has 1 aliphatic rings. The number of hydrogen-bond acceptors (Lipinski definition) is 2. The minimum absolute atomic E-state index is 0.0851. The maximum atomic E-state index is 4.82. The summed E-state index contributed by atoms with van der Waals surface area (Å²) in [7, 11) is 0. The number of hydrogen-bond donors (Lipinski definition) is 1. The van der Waals surface area contributed by atoms with Gasteiger partial charge in [-0.05, 0) is 41.5 Å². The van der Waals surface area contributed by atoms with Crippen LogP contribution in [0.4, 0.5) is 5.95 Å². The van der Waals surface area contributed by atoms with Gasteiger partial charge >= 0.3 is 0 Å². The summed E-state index contributed by atoms with van der Waals surface area (Å²) in [6, 6.07) is 27.3. The van der Waals surface area contributed by atoms with Crippen molar-refractivity contribution in [1.82, 2.24) is 9.55 Å². The van der Waals surface area contributed by atoms with E-state index in [0.717, 1.165) is 32.7 Å². The number of benzene rings is 3. The Kier molecular flexibility index (Phi) is 3.64. The van der Waals surface area contributed by atoms with Gasteiger partial charge in [-0.25, -0.2) is 4.98 Å². The third-order valence-corrected chi connectivity index (χ3v) is 5.27. The van der Waals surface area contributed by atoms with Gasteiger partial charge in [0.1, 0.15) is 0 Å². The maximum Gasteiger partial charge on any atom is 0.209 e. The van der Waals surface area contributed by atoms with Crippen LogP contribution in [0.15, 0.2) is 89.4 Å². The highest BCUT2D eigenvalue weighted by molar-refractivity contribution is 9.10. The molecule has 0 fully saturated rings. The third kappa shape index (κ3) is 2.54. The Balaban J connectivity index is 1.73. The second-order valence-corrected chi connectivity index (χ2v) is 7.28. The lowest BCUT2D eigenvalue weighted by Crippen LogP contribution is -2.19. The molecule has 4 heteroatoms. The van der Waals surface area contributed by atoms with E-state index in [2.05, 4.69) is 98.6 Å². The Morgan fingerprint density at radius 2 is 1.58 bits per heavy atom. The Bertz CT molecular complexity index is 1110. The Labute approximate surface area is 160 Å². The number of rotatable bonds is 2. The van der Waals surface area contributed by atoms with E-state index in [1.165, 1.54) is 5.56 Å². The molecule has 0 spiro atoms. The molecule has 3 aromatic carbocycles. The number of nitrogens with one attached hydrogen (secondary N) is 1. The average Bonchev–Trinajstić information content (AvgIpc) is 3.07. The van der Waals surface area contributed by atoms with Crippen LogP contribution in [-0.2, 0) is 0 Å². The molecule has 0 amide bonds. The number of imidazole rings is 1. The average molecular weight is 402 g/mol. The quantitative estimate of drug-likeness (QED) is 0.456. The lowest BCUT2D eigenvalue weighted by molar-refractivity contribution is 0.720. The molecule has 4 aromatic rings. The van der Waals surface area contributed by atoms with Gasteiger partial charge in [-0.3, -0.25) is 4.57 Å². The smallest absolute Gasteiger partial charge is 0.209 e. The number of allylic oxidation sites excluding steroid dienone is 1. The number of fused-ring (bicyclic) bond motifs is 3. The lowest BCUT2D eigenvalue weighted by Gasteiger charge is -2.26. The van der Waals surface area contributed by atoms with Crippen molar-refractivity contribution < 1.29 is 0 Å². The number of para-hydroxylation sites is 2. The molecule has 0 bridgehead atoms. The molecule has 1 N–H and O–H groups in total. The molecule has 1 atom stereocenters. The van der Waals surface area contributed by atoms with Gasteiger partial charge in [0.15, 0.2) is 0 Å². The van der Waals surface area contributed by atoms with Crippen molar-refractivity contribution in [3.8, 4) is 0 Å². The summed E-state index contributed by atoms with van der Waals surface area (Å²) in [6.07, 6.45) is 2.28. The van der Waals surface area contributed by atoms with Crippen molar-refractivity contribution >= 4 is 38.6 Å². The second kappa shape index (κ2) is 6.15. The van der Waals surface area contributed by atoms with E-state index in [1.54, 1.807) is 0 Å². The SMILES string of the molecule is Brc1ccc([C@@H]2C=C(c3ccccc3)Nc3nc4ccccc4n32)cc1. The first kappa shape index (κ1) is 15.4. The standard InChI is InChI=1S/C22H16BrN3/c23-17-12-10-16(11-13-17)21-14-19(15-6-2-1-3-7-15)25-22-24-18-8-4-5-9-20(18)26(21)22/h1-14,21H,(H,24,25)/t21-/m0/s1. The monoisotopic (exact) mass is 401 g/mol. The predicted molar refractivity (Wildman–Crippen MR) is 110 cm³/mol. The zero-order valence-electron chi connectivity index (χ0n) is 13.9. The summed E-state index contributed by atoms with van der Waals surface area (Å²) >= 11 is 3.54. The number of anilines is 1. The fourth-order valence-corrected chi connectivity index (χ4v) is 3.76. The fourth-order valence-electron chi connectivity index (χ4n) is 3.50. The molecule has 0 saturated carbocycles. The van der Waals surface area contributed by atoms with Crippen LogP contribution in [0.25, 0.3) is 16.7 Å². The van der Waals surface area contributed by atoms with Gasteiger partial charge < -0.3 is 5.32 Å². The van der Waals surface area contributed by atoms with Gasteiger partial charge in [0.05, 0.1) is 17.1 Å². The lowest BCUT2D eigenvalue weighted by atomic mass is 10.0. The first-order valence-corrected chi connectivity index (χ1v) is 9.35. The summed E-state index contributed by atoms with van der Waals surface area (Å²) in [5.74, 6) is 0.875. The summed E-state index contributed by atoms with van der Waals surface area (Å²) in [4.78, 5) is 4.82. The predicted octanol–water partition coefficient (Wildman–Crippen LogP) is 5.85. The largest absolute Gasteiger partial charge is 0.325 e. The van der Waals surface area contributed by atoms with Crippen LogP contribution < -0.4 is 5.32 Å². The molecule has 1 aromatic heterocycles. The van der Waals surface area contributed by atoms with Crippen molar-refractivity contribution in [2.45, 2.75) is 6.04 Å². The normalized spacial score (nSPS) is 16.0. The topological polar surface area (TPSA) is 29.9 Å². The molecule has 126 valence electrons. The van der Waals surface area contributed by atoms with E-state index in [-0.39, 0.29) is 6.04 Å². The highest BCUT2D eigenvalue weighted by Crippen LogP contribution is 2.37. The van der Waals surface area contributed by atoms with Crippen molar-refractivity contribution in [2.24, 2.45) is 0 Å². The number of aromatic nitrogens is 2. The molecule has 5 rings (SSSR count). The molecular weight excluding hydrogens is 386 g/mol. The van der Waals surface area contributed by atoms with Gasteiger partial charge in [-0.15, -0.1) is 0 Å². The highest BCUT2D eigenvalue weighted by atomic mass is 79.9. The minimum atomic E-state index is 0.0851. The van der Waals surface area contributed by atoms with E-state index >= 15 is 0 Å². The molecule has 1 aliphatic heterocycles. The Hall–Kier alpha value is -2.85. The van der Waals surface area contributed by atoms with E-state index in [0.29, 0.717) is 0 Å². The Morgan fingerprint density at radius 3 is 2.38 bits per heavy atom. The van der Waals surface area contributed by atoms with Gasteiger partial charge in [-0.2, -0.15) is 0 Å². The molecule has 0 saturated heterocycles. The molecule has 3 nitrogen and oxygen atoms in total. The molecule has 0 radical (unpaired) electrons. The summed E-state index contributed by atoms with van der Waals surface area (Å²) in [5, 5.41) is 3.52. The van der Waals surface area contributed by atoms with Crippen LogP contribution in [0.2, 0.25) is 0 Å². The van der Waals surface area contributed by atoms with Gasteiger partial charge in [0.2, 0.25) is 5.95 Å².